The number of ether oxygens (including phenoxy) is 1. The average Bonchev–Trinajstić information content (AvgIpc) is 3.14. The zero-order chi connectivity index (χ0) is 20.5. The molecule has 144 valence electrons. The number of nitrogens with two attached hydrogens (primary N) is 1. The van der Waals surface area contributed by atoms with E-state index in [1.165, 1.54) is 0 Å². The smallest absolute Gasteiger partial charge is 0.242 e. The molecule has 0 aliphatic carbocycles. The van der Waals surface area contributed by atoms with E-state index in [0.717, 1.165) is 0 Å². The third-order valence-electron chi connectivity index (χ3n) is 4.75. The number of carbonyl (C=O) groups is 2. The van der Waals surface area contributed by atoms with Gasteiger partial charge in [-0.1, -0.05) is 24.3 Å². The molecule has 3 aromatic rings. The van der Waals surface area contributed by atoms with Crippen molar-refractivity contribution < 1.29 is 19.4 Å². The van der Waals surface area contributed by atoms with Crippen molar-refractivity contribution in [1.82, 2.24) is 9.78 Å². The van der Waals surface area contributed by atoms with E-state index in [-0.39, 0.29) is 18.9 Å². The van der Waals surface area contributed by atoms with Gasteiger partial charge in [-0.3, -0.25) is 9.59 Å². The number of carbonyl (C=O) groups excluding carboxylic acids is 2. The number of rotatable bonds is 5. The van der Waals surface area contributed by atoms with E-state index in [0.29, 0.717) is 33.8 Å². The molecular formula is C21H16N4O4. The molecule has 1 atom stereocenters. The van der Waals surface area contributed by atoms with Gasteiger partial charge in [0.2, 0.25) is 11.7 Å². The normalized spacial score (nSPS) is 12.8. The Hall–Kier alpha value is -3.96. The molecule has 0 fully saturated rings. The Bertz CT molecular complexity index is 1160. The molecule has 1 aliphatic heterocycles. The number of hydrogen-bond acceptors (Lipinski definition) is 6. The van der Waals surface area contributed by atoms with Crippen LogP contribution in [0, 0.1) is 17.2 Å². The Morgan fingerprint density at radius 2 is 2.03 bits per heavy atom. The number of Topliss-reactive ketones (excluding diaryl/α,β-unsaturated/α-hetero) is 1. The van der Waals surface area contributed by atoms with E-state index in [1.807, 2.05) is 30.3 Å². The predicted molar refractivity (Wildman–Crippen MR) is 102 cm³/mol. The molecule has 0 saturated heterocycles. The lowest BCUT2D eigenvalue weighted by Crippen LogP contribution is -2.30. The quantitative estimate of drug-likeness (QED) is 0.505. The molecule has 0 radical (unpaired) electrons. The molecule has 1 aromatic heterocycles. The van der Waals surface area contributed by atoms with Gasteiger partial charge >= 0.3 is 0 Å². The summed E-state index contributed by atoms with van der Waals surface area (Å²) in [7, 11) is 0. The molecule has 1 amide bonds. The van der Waals surface area contributed by atoms with Gasteiger partial charge in [-0.05, 0) is 29.8 Å². The molecule has 1 unspecified atom stereocenters. The second-order valence-corrected chi connectivity index (χ2v) is 6.53. The summed E-state index contributed by atoms with van der Waals surface area (Å²) in [6.45, 7) is -0.113. The first-order valence-corrected chi connectivity index (χ1v) is 8.82. The second-order valence-electron chi connectivity index (χ2n) is 6.53. The number of nitrogens with zero attached hydrogens (tertiary/aromatic N) is 3. The van der Waals surface area contributed by atoms with Crippen LogP contribution in [0.2, 0.25) is 0 Å². The zero-order valence-corrected chi connectivity index (χ0v) is 15.2. The van der Waals surface area contributed by atoms with Gasteiger partial charge in [-0.25, -0.2) is 4.68 Å². The summed E-state index contributed by atoms with van der Waals surface area (Å²) in [5, 5.41) is 23.2. The van der Waals surface area contributed by atoms with Gasteiger partial charge in [0, 0.05) is 11.1 Å². The van der Waals surface area contributed by atoms with Crippen molar-refractivity contribution >= 4 is 11.7 Å². The highest BCUT2D eigenvalue weighted by Crippen LogP contribution is 2.41. The second kappa shape index (κ2) is 7.22. The van der Waals surface area contributed by atoms with E-state index in [2.05, 4.69) is 5.10 Å². The van der Waals surface area contributed by atoms with Crippen LogP contribution in [0.1, 0.15) is 21.6 Å². The lowest BCUT2D eigenvalue weighted by Gasteiger charge is -2.20. The lowest BCUT2D eigenvalue weighted by molar-refractivity contribution is -0.119. The van der Waals surface area contributed by atoms with Crippen molar-refractivity contribution in [3.05, 3.63) is 65.4 Å². The average molecular weight is 388 g/mol. The van der Waals surface area contributed by atoms with Crippen LogP contribution in [0.3, 0.4) is 0 Å². The number of amides is 1. The van der Waals surface area contributed by atoms with Crippen molar-refractivity contribution in [2.75, 3.05) is 0 Å². The van der Waals surface area contributed by atoms with Crippen molar-refractivity contribution in [3.63, 3.8) is 0 Å². The van der Waals surface area contributed by atoms with E-state index >= 15 is 0 Å². The standard InChI is InChI=1S/C21H16N4O4/c22-9-15(21(23)28)20(27)18-16-11-29-17-7-6-12(10-26)8-14(17)19(16)25(24-18)13-4-2-1-3-5-13/h1-8,15,26H,10-11H2,(H2,23,28). The van der Waals surface area contributed by atoms with E-state index in [4.69, 9.17) is 10.5 Å². The van der Waals surface area contributed by atoms with Crippen LogP contribution >= 0.6 is 0 Å². The number of fused-ring (bicyclic) bond motifs is 3. The molecule has 0 spiro atoms. The molecular weight excluding hydrogens is 372 g/mol. The highest BCUT2D eigenvalue weighted by Gasteiger charge is 2.35. The van der Waals surface area contributed by atoms with Gasteiger partial charge in [0.15, 0.2) is 5.92 Å². The van der Waals surface area contributed by atoms with Gasteiger partial charge in [0.05, 0.1) is 24.1 Å². The molecule has 1 aliphatic rings. The molecule has 8 nitrogen and oxygen atoms in total. The van der Waals surface area contributed by atoms with Gasteiger partial charge < -0.3 is 15.6 Å². The van der Waals surface area contributed by atoms with Gasteiger partial charge in [-0.15, -0.1) is 0 Å². The van der Waals surface area contributed by atoms with Crippen molar-refractivity contribution in [1.29, 1.82) is 5.26 Å². The maximum atomic E-state index is 12.9. The van der Waals surface area contributed by atoms with Crippen LogP contribution in [-0.4, -0.2) is 26.6 Å². The number of ketones is 1. The third kappa shape index (κ3) is 3.03. The number of nitriles is 1. The van der Waals surface area contributed by atoms with Gasteiger partial charge in [0.1, 0.15) is 18.1 Å². The van der Waals surface area contributed by atoms with Crippen LogP contribution in [-0.2, 0) is 18.0 Å². The molecule has 3 N–H and O–H groups in total. The molecule has 0 bridgehead atoms. The Morgan fingerprint density at radius 1 is 1.28 bits per heavy atom. The fraction of sp³-hybridized carbons (Fsp3) is 0.143. The summed E-state index contributed by atoms with van der Waals surface area (Å²) < 4.78 is 7.36. The molecule has 2 heterocycles. The van der Waals surface area contributed by atoms with E-state index < -0.39 is 17.6 Å². The summed E-state index contributed by atoms with van der Waals surface area (Å²) in [5.74, 6) is -2.85. The van der Waals surface area contributed by atoms with Crippen LogP contribution in [0.5, 0.6) is 5.75 Å². The monoisotopic (exact) mass is 388 g/mol. The Morgan fingerprint density at radius 3 is 2.69 bits per heavy atom. The van der Waals surface area contributed by atoms with E-state index in [1.54, 1.807) is 29.0 Å². The first kappa shape index (κ1) is 18.4. The van der Waals surface area contributed by atoms with Crippen molar-refractivity contribution in [3.8, 4) is 28.8 Å². The SMILES string of the molecule is N#CC(C(N)=O)C(=O)c1nn(-c2ccccc2)c2c1COc1ccc(CO)cc1-2. The largest absolute Gasteiger partial charge is 0.488 e. The van der Waals surface area contributed by atoms with Crippen LogP contribution in [0.25, 0.3) is 16.9 Å². The molecule has 2 aromatic carbocycles. The van der Waals surface area contributed by atoms with Crippen LogP contribution < -0.4 is 10.5 Å². The maximum absolute atomic E-state index is 12.9. The number of aliphatic hydroxyl groups excluding tert-OH is 1. The third-order valence-corrected chi connectivity index (χ3v) is 4.75. The molecule has 4 rings (SSSR count). The summed E-state index contributed by atoms with van der Waals surface area (Å²) in [5.41, 5.74) is 8.27. The Balaban J connectivity index is 1.98. The highest BCUT2D eigenvalue weighted by atomic mass is 16.5. The molecule has 8 heteroatoms. The number of benzene rings is 2. The van der Waals surface area contributed by atoms with Crippen LogP contribution in [0.4, 0.5) is 0 Å². The number of aliphatic hydroxyl groups is 1. The van der Waals surface area contributed by atoms with Crippen molar-refractivity contribution in [2.24, 2.45) is 11.7 Å². The van der Waals surface area contributed by atoms with Gasteiger partial charge in [0.25, 0.3) is 0 Å². The predicted octanol–water partition coefficient (Wildman–Crippen LogP) is 1.73. The number of para-hydroxylation sites is 1. The first-order valence-electron chi connectivity index (χ1n) is 8.82. The zero-order valence-electron chi connectivity index (χ0n) is 15.2. The van der Waals surface area contributed by atoms with E-state index in [9.17, 15) is 20.0 Å². The summed E-state index contributed by atoms with van der Waals surface area (Å²) >= 11 is 0. The van der Waals surface area contributed by atoms with Gasteiger partial charge in [-0.2, -0.15) is 10.4 Å². The maximum Gasteiger partial charge on any atom is 0.242 e. The summed E-state index contributed by atoms with van der Waals surface area (Å²) in [4.78, 5) is 24.4. The Kier molecular flexibility index (Phi) is 4.58. The summed E-state index contributed by atoms with van der Waals surface area (Å²) in [6.07, 6.45) is 0. The Labute approximate surface area is 165 Å². The summed E-state index contributed by atoms with van der Waals surface area (Å²) in [6, 6.07) is 16.1. The number of primary amides is 1. The van der Waals surface area contributed by atoms with Crippen molar-refractivity contribution in [2.45, 2.75) is 13.2 Å². The number of aromatic nitrogens is 2. The minimum Gasteiger partial charge on any atom is -0.488 e. The minimum absolute atomic E-state index is 0.0331. The molecule has 0 saturated carbocycles. The first-order chi connectivity index (χ1) is 14.0. The van der Waals surface area contributed by atoms with Crippen LogP contribution in [0.15, 0.2) is 48.5 Å². The molecule has 29 heavy (non-hydrogen) atoms. The minimum atomic E-state index is -1.64. The fourth-order valence-electron chi connectivity index (χ4n) is 3.34. The fourth-order valence-corrected chi connectivity index (χ4v) is 3.34. The highest BCUT2D eigenvalue weighted by molar-refractivity contribution is 6.12. The number of hydrogen-bond donors (Lipinski definition) is 2. The topological polar surface area (TPSA) is 131 Å². The lowest BCUT2D eigenvalue weighted by atomic mass is 9.95.